The van der Waals surface area contributed by atoms with E-state index >= 15 is 0 Å². The van der Waals surface area contributed by atoms with Gasteiger partial charge in [0.25, 0.3) is 0 Å². The molecule has 0 aromatic carbocycles. The van der Waals surface area contributed by atoms with Crippen molar-refractivity contribution in [3.05, 3.63) is 6.92 Å². The van der Waals surface area contributed by atoms with Crippen LogP contribution in [0.3, 0.4) is 0 Å². The van der Waals surface area contributed by atoms with Crippen LogP contribution in [0.4, 0.5) is 0 Å². The summed E-state index contributed by atoms with van der Waals surface area (Å²) in [4.78, 5) is 4.56. The van der Waals surface area contributed by atoms with Gasteiger partial charge >= 0.3 is 0 Å². The van der Waals surface area contributed by atoms with Crippen LogP contribution in [-0.2, 0) is 4.84 Å². The summed E-state index contributed by atoms with van der Waals surface area (Å²) in [6, 6.07) is 0. The molecule has 0 spiro atoms. The number of oxime groups is 1. The van der Waals surface area contributed by atoms with Gasteiger partial charge in [0, 0.05) is 5.41 Å². The van der Waals surface area contributed by atoms with E-state index in [0.29, 0.717) is 0 Å². The Morgan fingerprint density at radius 3 is 2.00 bits per heavy atom. The highest BCUT2D eigenvalue weighted by molar-refractivity contribution is 5.92. The van der Waals surface area contributed by atoms with Gasteiger partial charge < -0.3 is 4.84 Å². The normalized spacial score (nSPS) is 13.7. The summed E-state index contributed by atoms with van der Waals surface area (Å²) in [6.45, 7) is 9.84. The van der Waals surface area contributed by atoms with Crippen LogP contribution in [0.25, 0.3) is 0 Å². The Hall–Kier alpha value is -0.530. The van der Waals surface area contributed by atoms with Gasteiger partial charge in [-0.15, -0.1) is 0 Å². The van der Waals surface area contributed by atoms with Crippen molar-refractivity contribution in [3.63, 3.8) is 0 Å². The molecule has 0 bridgehead atoms. The van der Waals surface area contributed by atoms with Crippen molar-refractivity contribution in [2.24, 2.45) is 10.6 Å². The highest BCUT2D eigenvalue weighted by Crippen LogP contribution is 2.14. The fourth-order valence-corrected chi connectivity index (χ4v) is 0.247. The van der Waals surface area contributed by atoms with Crippen LogP contribution >= 0.6 is 0 Å². The number of hydrogen-bond donors (Lipinski definition) is 0. The molecule has 0 N–H and O–H groups in total. The third kappa shape index (κ3) is 3.12. The molecular weight excluding hydrogens is 114 g/mol. The van der Waals surface area contributed by atoms with Crippen LogP contribution in [-0.4, -0.2) is 12.8 Å². The van der Waals surface area contributed by atoms with Gasteiger partial charge in [-0.3, -0.25) is 0 Å². The van der Waals surface area contributed by atoms with Crippen molar-refractivity contribution in [1.82, 2.24) is 0 Å². The van der Waals surface area contributed by atoms with E-state index in [1.807, 2.05) is 20.8 Å². The quantitative estimate of drug-likeness (QED) is 0.390. The summed E-state index contributed by atoms with van der Waals surface area (Å²) in [6.07, 6.45) is 0. The van der Waals surface area contributed by atoms with Crippen LogP contribution < -0.4 is 0 Å². The monoisotopic (exact) mass is 128 g/mol. The molecule has 9 heavy (non-hydrogen) atoms. The lowest BCUT2D eigenvalue weighted by Gasteiger charge is -2.15. The fraction of sp³-hybridized carbons (Fsp3) is 0.714. The second kappa shape index (κ2) is 2.85. The predicted molar refractivity (Wildman–Crippen MR) is 39.3 cm³/mol. The molecular formula is C7H14NO. The SMILES string of the molecule is [CH2]/C(=N/OC)C(C)(C)C. The van der Waals surface area contributed by atoms with E-state index in [1.165, 1.54) is 7.11 Å². The Kier molecular flexibility index (Phi) is 2.68. The zero-order valence-corrected chi connectivity index (χ0v) is 6.56. The molecule has 0 fully saturated rings. The third-order valence-corrected chi connectivity index (χ3v) is 1.07. The van der Waals surface area contributed by atoms with Crippen LogP contribution in [0, 0.1) is 12.3 Å². The standard InChI is InChI=1S/C7H14NO/c1-6(8-9-5)7(2,3)4/h1H2,2-5H3/b8-6-. The first-order valence-electron chi connectivity index (χ1n) is 2.92. The predicted octanol–water partition coefficient (Wildman–Crippen LogP) is 1.87. The van der Waals surface area contributed by atoms with Gasteiger partial charge in [-0.1, -0.05) is 25.9 Å². The lowest BCUT2D eigenvalue weighted by molar-refractivity contribution is 0.209. The topological polar surface area (TPSA) is 21.6 Å². The van der Waals surface area contributed by atoms with Crippen molar-refractivity contribution in [1.29, 1.82) is 0 Å². The Morgan fingerprint density at radius 1 is 1.44 bits per heavy atom. The molecule has 0 saturated heterocycles. The molecule has 0 rings (SSSR count). The average molecular weight is 128 g/mol. The summed E-state index contributed by atoms with van der Waals surface area (Å²) >= 11 is 0. The minimum atomic E-state index is 0.0238. The van der Waals surface area contributed by atoms with E-state index in [-0.39, 0.29) is 5.41 Å². The van der Waals surface area contributed by atoms with Gasteiger partial charge in [-0.2, -0.15) is 0 Å². The molecule has 0 aliphatic carbocycles. The van der Waals surface area contributed by atoms with Gasteiger partial charge in [0.15, 0.2) is 0 Å². The minimum absolute atomic E-state index is 0.0238. The Morgan fingerprint density at radius 2 is 1.89 bits per heavy atom. The van der Waals surface area contributed by atoms with Crippen LogP contribution in [0.15, 0.2) is 5.16 Å². The third-order valence-electron chi connectivity index (χ3n) is 1.07. The van der Waals surface area contributed by atoms with Crippen molar-refractivity contribution in [2.75, 3.05) is 7.11 Å². The summed E-state index contributed by atoms with van der Waals surface area (Å²) < 4.78 is 0. The van der Waals surface area contributed by atoms with E-state index in [9.17, 15) is 0 Å². The van der Waals surface area contributed by atoms with Gasteiger partial charge in [-0.05, 0) is 6.92 Å². The zero-order chi connectivity index (χ0) is 7.49. The molecule has 1 radical (unpaired) electrons. The lowest BCUT2D eigenvalue weighted by atomic mass is 9.91. The van der Waals surface area contributed by atoms with Crippen LogP contribution in [0.2, 0.25) is 0 Å². The largest absolute Gasteiger partial charge is 0.399 e. The lowest BCUT2D eigenvalue weighted by Crippen LogP contribution is -2.16. The van der Waals surface area contributed by atoms with Crippen LogP contribution in [0.5, 0.6) is 0 Å². The zero-order valence-electron chi connectivity index (χ0n) is 6.56. The molecule has 0 atom stereocenters. The van der Waals surface area contributed by atoms with E-state index < -0.39 is 0 Å². The molecule has 0 heterocycles. The average Bonchev–Trinajstić information content (AvgIpc) is 1.64. The van der Waals surface area contributed by atoms with E-state index in [4.69, 9.17) is 0 Å². The highest BCUT2D eigenvalue weighted by atomic mass is 16.6. The Labute approximate surface area is 56.9 Å². The minimum Gasteiger partial charge on any atom is -0.399 e. The van der Waals surface area contributed by atoms with Crippen molar-refractivity contribution in [2.45, 2.75) is 20.8 Å². The summed E-state index contributed by atoms with van der Waals surface area (Å²) in [5.41, 5.74) is 0.792. The van der Waals surface area contributed by atoms with Crippen molar-refractivity contribution >= 4 is 5.71 Å². The molecule has 0 aliphatic rings. The van der Waals surface area contributed by atoms with Crippen molar-refractivity contribution in [3.8, 4) is 0 Å². The molecule has 0 saturated carbocycles. The van der Waals surface area contributed by atoms with Gasteiger partial charge in [0.05, 0.1) is 5.71 Å². The molecule has 2 nitrogen and oxygen atoms in total. The summed E-state index contributed by atoms with van der Waals surface area (Å²) in [5.74, 6) is 0. The molecule has 0 unspecified atom stereocenters. The second-order valence-corrected chi connectivity index (χ2v) is 2.97. The molecule has 0 aliphatic heterocycles. The van der Waals surface area contributed by atoms with Crippen LogP contribution in [0.1, 0.15) is 20.8 Å². The molecule has 0 amide bonds. The summed E-state index contributed by atoms with van der Waals surface area (Å²) in [7, 11) is 1.52. The second-order valence-electron chi connectivity index (χ2n) is 2.97. The Balaban J connectivity index is 4.03. The van der Waals surface area contributed by atoms with E-state index in [1.54, 1.807) is 0 Å². The first-order valence-corrected chi connectivity index (χ1v) is 2.92. The van der Waals surface area contributed by atoms with Crippen molar-refractivity contribution < 1.29 is 4.84 Å². The maximum Gasteiger partial charge on any atom is 0.106 e. The van der Waals surface area contributed by atoms with Gasteiger partial charge in [-0.25, -0.2) is 0 Å². The number of nitrogens with zero attached hydrogens (tertiary/aromatic N) is 1. The first kappa shape index (κ1) is 8.47. The smallest absolute Gasteiger partial charge is 0.106 e. The van der Waals surface area contributed by atoms with E-state index in [0.717, 1.165) is 5.71 Å². The van der Waals surface area contributed by atoms with E-state index in [2.05, 4.69) is 16.9 Å². The van der Waals surface area contributed by atoms with Gasteiger partial charge in [0.1, 0.15) is 7.11 Å². The number of rotatable bonds is 1. The molecule has 0 aromatic rings. The molecule has 0 aromatic heterocycles. The van der Waals surface area contributed by atoms with Gasteiger partial charge in [0.2, 0.25) is 0 Å². The first-order chi connectivity index (χ1) is 3.98. The molecule has 53 valence electrons. The maximum absolute atomic E-state index is 4.56. The highest BCUT2D eigenvalue weighted by Gasteiger charge is 2.14. The summed E-state index contributed by atoms with van der Waals surface area (Å²) in [5, 5.41) is 3.70. The fourth-order valence-electron chi connectivity index (χ4n) is 0.247. The number of hydrogen-bond acceptors (Lipinski definition) is 2. The Bertz CT molecular complexity index is 111. The maximum atomic E-state index is 4.56. The molecule has 2 heteroatoms.